The molecule has 2 aromatic rings. The summed E-state index contributed by atoms with van der Waals surface area (Å²) in [6.45, 7) is 0. The molecule has 0 radical (unpaired) electrons. The first-order valence-corrected chi connectivity index (χ1v) is 9.98. The molecular formula is C15H16BrN5O2S3. The van der Waals surface area contributed by atoms with Crippen molar-refractivity contribution < 1.29 is 9.59 Å². The number of hydrogen-bond acceptors (Lipinski definition) is 7. The first kappa shape index (κ1) is 20.6. The minimum Gasteiger partial charge on any atom is -0.349 e. The van der Waals surface area contributed by atoms with Crippen LogP contribution in [0, 0.1) is 5.92 Å². The third kappa shape index (κ3) is 6.90. The number of hydrogen-bond donors (Lipinski definition) is 5. The van der Waals surface area contributed by atoms with Gasteiger partial charge in [-0.25, -0.2) is 4.98 Å². The molecule has 0 aliphatic carbocycles. The van der Waals surface area contributed by atoms with E-state index in [-0.39, 0.29) is 17.4 Å². The fourth-order valence-corrected chi connectivity index (χ4v) is 3.40. The van der Waals surface area contributed by atoms with E-state index in [1.165, 1.54) is 11.3 Å². The van der Waals surface area contributed by atoms with E-state index in [9.17, 15) is 9.59 Å². The van der Waals surface area contributed by atoms with Crippen LogP contribution in [-0.4, -0.2) is 27.7 Å². The second-order valence-corrected chi connectivity index (χ2v) is 7.84. The molecule has 1 aromatic carbocycles. The van der Waals surface area contributed by atoms with E-state index in [0.29, 0.717) is 11.4 Å². The zero-order chi connectivity index (χ0) is 18.9. The third-order valence-corrected chi connectivity index (χ3v) is 5.02. The molecule has 0 bridgehead atoms. The quantitative estimate of drug-likeness (QED) is 0.139. The molecule has 1 amide bonds. The molecule has 0 fully saturated rings. The summed E-state index contributed by atoms with van der Waals surface area (Å²) >= 11 is 14.2. The first-order chi connectivity index (χ1) is 12.5. The number of carbonyl (C=O) groups excluding carboxylic acids is 2. The average molecular weight is 474 g/mol. The lowest BCUT2D eigenvalue weighted by atomic mass is 10.1. The average Bonchev–Trinajstić information content (AvgIpc) is 3.10. The van der Waals surface area contributed by atoms with Gasteiger partial charge in [-0.05, 0) is 30.4 Å². The minimum absolute atomic E-state index is 0.0530. The summed E-state index contributed by atoms with van der Waals surface area (Å²) in [5.74, 6) is -1.02. The summed E-state index contributed by atoms with van der Waals surface area (Å²) in [7, 11) is 0. The van der Waals surface area contributed by atoms with Crippen LogP contribution in [0.15, 0.2) is 40.3 Å². The second-order valence-electron chi connectivity index (χ2n) is 5.07. The maximum absolute atomic E-state index is 12.0. The zero-order valence-corrected chi connectivity index (χ0v) is 17.4. The van der Waals surface area contributed by atoms with Crippen molar-refractivity contribution in [2.75, 3.05) is 10.6 Å². The van der Waals surface area contributed by atoms with Crippen molar-refractivity contribution in [2.24, 2.45) is 5.92 Å². The molecule has 2 unspecified atom stereocenters. The standard InChI is InChI=1S/C15H16BrN5O2S3/c16-10-2-1-3-11(7-10)18-14(25)21-20-12(23)6-9(8-22)13(24)19-15-17-4-5-26-15/h1-5,7-9,13,24H,6H2,(H,17,19)(H,20,23)(H2,18,21,25). The molecule has 1 heterocycles. The number of halogens is 1. The van der Waals surface area contributed by atoms with Gasteiger partial charge in [-0.2, -0.15) is 12.6 Å². The largest absolute Gasteiger partial charge is 0.349 e. The first-order valence-electron chi connectivity index (χ1n) is 7.38. The Kier molecular flexibility index (Phi) is 8.29. The molecule has 2 rings (SSSR count). The summed E-state index contributed by atoms with van der Waals surface area (Å²) in [5.41, 5.74) is 5.82. The van der Waals surface area contributed by atoms with Crippen LogP contribution in [0.25, 0.3) is 0 Å². The van der Waals surface area contributed by atoms with Gasteiger partial charge in [0, 0.05) is 28.2 Å². The molecule has 138 valence electrons. The van der Waals surface area contributed by atoms with Gasteiger partial charge in [0.2, 0.25) is 5.91 Å². The number of rotatable bonds is 7. The van der Waals surface area contributed by atoms with Gasteiger partial charge in [-0.1, -0.05) is 22.0 Å². The number of thiocarbonyl (C=S) groups is 1. The van der Waals surface area contributed by atoms with E-state index in [4.69, 9.17) is 12.2 Å². The van der Waals surface area contributed by atoms with E-state index in [1.807, 2.05) is 24.3 Å². The van der Waals surface area contributed by atoms with Crippen LogP contribution in [0.1, 0.15) is 6.42 Å². The molecule has 2 atom stereocenters. The lowest BCUT2D eigenvalue weighted by Gasteiger charge is -2.19. The van der Waals surface area contributed by atoms with Gasteiger partial charge in [0.1, 0.15) is 6.29 Å². The van der Waals surface area contributed by atoms with Crippen molar-refractivity contribution in [3.05, 3.63) is 40.3 Å². The Hall–Kier alpha value is -1.69. The molecule has 1 aromatic heterocycles. The summed E-state index contributed by atoms with van der Waals surface area (Å²) in [4.78, 5) is 27.4. The van der Waals surface area contributed by atoms with Gasteiger partial charge < -0.3 is 15.4 Å². The van der Waals surface area contributed by atoms with Gasteiger partial charge in [0.15, 0.2) is 10.2 Å². The Morgan fingerprint density at radius 3 is 2.88 bits per heavy atom. The van der Waals surface area contributed by atoms with Crippen molar-refractivity contribution >= 4 is 80.2 Å². The highest BCUT2D eigenvalue weighted by atomic mass is 79.9. The fraction of sp³-hybridized carbons (Fsp3) is 0.200. The Bertz CT molecular complexity index is 759. The predicted molar refractivity (Wildman–Crippen MR) is 114 cm³/mol. The molecule has 4 N–H and O–H groups in total. The molecule has 11 heteroatoms. The highest BCUT2D eigenvalue weighted by Crippen LogP contribution is 2.19. The van der Waals surface area contributed by atoms with E-state index >= 15 is 0 Å². The third-order valence-electron chi connectivity index (χ3n) is 3.10. The predicted octanol–water partition coefficient (Wildman–Crippen LogP) is 2.80. The number of thiol groups is 1. The van der Waals surface area contributed by atoms with Crippen molar-refractivity contribution in [2.45, 2.75) is 11.8 Å². The summed E-state index contributed by atoms with van der Waals surface area (Å²) in [6.07, 6.45) is 2.28. The number of nitrogens with one attached hydrogen (secondary N) is 4. The molecule has 0 saturated carbocycles. The van der Waals surface area contributed by atoms with Crippen molar-refractivity contribution in [1.29, 1.82) is 0 Å². The summed E-state index contributed by atoms with van der Waals surface area (Å²) < 4.78 is 0.899. The molecule has 0 spiro atoms. The number of nitrogens with zero attached hydrogens (tertiary/aromatic N) is 1. The molecular weight excluding hydrogens is 458 g/mol. The van der Waals surface area contributed by atoms with E-state index in [0.717, 1.165) is 10.2 Å². The SMILES string of the molecule is O=CC(CC(=O)NNC(=S)Nc1cccc(Br)c1)C(S)Nc1nccs1. The Balaban J connectivity index is 1.77. The fourth-order valence-electron chi connectivity index (χ4n) is 1.88. The summed E-state index contributed by atoms with van der Waals surface area (Å²) in [5, 5.41) is 8.04. The molecule has 7 nitrogen and oxygen atoms in total. The van der Waals surface area contributed by atoms with Crippen molar-refractivity contribution in [1.82, 2.24) is 15.8 Å². The monoisotopic (exact) mass is 473 g/mol. The number of amides is 1. The molecule has 26 heavy (non-hydrogen) atoms. The maximum atomic E-state index is 12.0. The minimum atomic E-state index is -0.629. The highest BCUT2D eigenvalue weighted by Gasteiger charge is 2.21. The molecule has 0 aliphatic heterocycles. The lowest BCUT2D eigenvalue weighted by Crippen LogP contribution is -2.45. The van der Waals surface area contributed by atoms with E-state index in [1.54, 1.807) is 11.6 Å². The van der Waals surface area contributed by atoms with Crippen LogP contribution < -0.4 is 21.5 Å². The van der Waals surface area contributed by atoms with Crippen LogP contribution in [0.4, 0.5) is 10.8 Å². The van der Waals surface area contributed by atoms with Gasteiger partial charge in [-0.3, -0.25) is 15.6 Å². The maximum Gasteiger partial charge on any atom is 0.239 e. The number of thiazole rings is 1. The molecule has 0 aliphatic rings. The Labute approximate surface area is 173 Å². The zero-order valence-electron chi connectivity index (χ0n) is 13.3. The topological polar surface area (TPSA) is 95.2 Å². The van der Waals surface area contributed by atoms with Gasteiger partial charge in [-0.15, -0.1) is 11.3 Å². The number of aldehydes is 1. The van der Waals surface area contributed by atoms with Crippen molar-refractivity contribution in [3.8, 4) is 0 Å². The number of hydrazine groups is 1. The van der Waals surface area contributed by atoms with Crippen molar-refractivity contribution in [3.63, 3.8) is 0 Å². The number of carbonyl (C=O) groups is 2. The van der Waals surface area contributed by atoms with Gasteiger partial charge in [0.05, 0.1) is 11.3 Å². The van der Waals surface area contributed by atoms with Crippen LogP contribution in [0.5, 0.6) is 0 Å². The van der Waals surface area contributed by atoms with Gasteiger partial charge >= 0.3 is 0 Å². The normalized spacial score (nSPS) is 12.5. The van der Waals surface area contributed by atoms with Crippen LogP contribution in [-0.2, 0) is 9.59 Å². The van der Waals surface area contributed by atoms with E-state index < -0.39 is 11.3 Å². The number of benzene rings is 1. The smallest absolute Gasteiger partial charge is 0.239 e. The highest BCUT2D eigenvalue weighted by molar-refractivity contribution is 9.10. The van der Waals surface area contributed by atoms with Crippen LogP contribution in [0.2, 0.25) is 0 Å². The van der Waals surface area contributed by atoms with Gasteiger partial charge in [0.25, 0.3) is 0 Å². The van der Waals surface area contributed by atoms with Crippen LogP contribution >= 0.6 is 52.1 Å². The number of anilines is 2. The molecule has 0 saturated heterocycles. The lowest BCUT2D eigenvalue weighted by molar-refractivity contribution is -0.124. The second kappa shape index (κ2) is 10.5. The summed E-state index contributed by atoms with van der Waals surface area (Å²) in [6, 6.07) is 7.41. The Morgan fingerprint density at radius 2 is 2.23 bits per heavy atom. The van der Waals surface area contributed by atoms with Crippen LogP contribution in [0.3, 0.4) is 0 Å². The number of aromatic nitrogens is 1. The Morgan fingerprint density at radius 1 is 1.42 bits per heavy atom. The van der Waals surface area contributed by atoms with E-state index in [2.05, 4.69) is 55.0 Å².